The molecule has 0 heterocycles. The Morgan fingerprint density at radius 3 is 2.57 bits per heavy atom. The molecule has 2 rings (SSSR count). The fourth-order valence-corrected chi connectivity index (χ4v) is 2.92. The normalized spacial score (nSPS) is 11.6. The number of anilines is 1. The Morgan fingerprint density at radius 1 is 1.19 bits per heavy atom. The van der Waals surface area contributed by atoms with Gasteiger partial charge < -0.3 is 10.1 Å². The van der Waals surface area contributed by atoms with Crippen molar-refractivity contribution in [2.24, 2.45) is 0 Å². The van der Waals surface area contributed by atoms with Gasteiger partial charge in [0.15, 0.2) is 0 Å². The van der Waals surface area contributed by atoms with E-state index in [0.717, 1.165) is 25.9 Å². The van der Waals surface area contributed by atoms with Crippen LogP contribution in [0.2, 0.25) is 0 Å². The maximum absolute atomic E-state index is 9.20. The summed E-state index contributed by atoms with van der Waals surface area (Å²) >= 11 is 6.86. The SMILES string of the molecule is COc1ccc(C(C)Nc2ccc(Br)cc2C#N)cc1Br. The van der Waals surface area contributed by atoms with E-state index in [4.69, 9.17) is 4.74 Å². The van der Waals surface area contributed by atoms with E-state index in [-0.39, 0.29) is 6.04 Å². The molecule has 0 radical (unpaired) electrons. The summed E-state index contributed by atoms with van der Waals surface area (Å²) < 4.78 is 7.03. The Kier molecular flexibility index (Phi) is 5.27. The summed E-state index contributed by atoms with van der Waals surface area (Å²) in [5.74, 6) is 0.798. The first-order valence-corrected chi connectivity index (χ1v) is 7.93. The number of halogens is 2. The van der Waals surface area contributed by atoms with E-state index in [9.17, 15) is 5.26 Å². The first kappa shape index (κ1) is 15.9. The minimum atomic E-state index is 0.0699. The third-order valence-electron chi connectivity index (χ3n) is 3.15. The van der Waals surface area contributed by atoms with Gasteiger partial charge in [-0.05, 0) is 58.7 Å². The number of hydrogen-bond acceptors (Lipinski definition) is 3. The molecule has 2 aromatic rings. The second-order valence-corrected chi connectivity index (χ2v) is 6.33. The van der Waals surface area contributed by atoms with Gasteiger partial charge in [0.1, 0.15) is 11.8 Å². The van der Waals surface area contributed by atoms with Crippen molar-refractivity contribution in [3.8, 4) is 11.8 Å². The molecule has 108 valence electrons. The van der Waals surface area contributed by atoms with Crippen molar-refractivity contribution in [1.29, 1.82) is 5.26 Å². The van der Waals surface area contributed by atoms with Crippen LogP contribution in [-0.2, 0) is 0 Å². The zero-order chi connectivity index (χ0) is 15.4. The van der Waals surface area contributed by atoms with Crippen LogP contribution in [0.4, 0.5) is 5.69 Å². The highest BCUT2D eigenvalue weighted by atomic mass is 79.9. The molecule has 0 aliphatic rings. The molecule has 1 unspecified atom stereocenters. The zero-order valence-corrected chi connectivity index (χ0v) is 14.8. The first-order valence-electron chi connectivity index (χ1n) is 6.34. The van der Waals surface area contributed by atoms with Crippen molar-refractivity contribution in [2.45, 2.75) is 13.0 Å². The number of methoxy groups -OCH3 is 1. The predicted molar refractivity (Wildman–Crippen MR) is 91.6 cm³/mol. The van der Waals surface area contributed by atoms with Crippen LogP contribution in [0.25, 0.3) is 0 Å². The Hall–Kier alpha value is -1.51. The maximum atomic E-state index is 9.20. The topological polar surface area (TPSA) is 45.0 Å². The predicted octanol–water partition coefficient (Wildman–Crippen LogP) is 5.26. The van der Waals surface area contributed by atoms with Gasteiger partial charge in [0, 0.05) is 10.5 Å². The van der Waals surface area contributed by atoms with Gasteiger partial charge in [0.2, 0.25) is 0 Å². The number of rotatable bonds is 4. The van der Waals surface area contributed by atoms with Crippen molar-refractivity contribution in [3.05, 3.63) is 56.5 Å². The molecule has 0 aromatic heterocycles. The average Bonchev–Trinajstić information content (AvgIpc) is 2.48. The second kappa shape index (κ2) is 6.97. The molecule has 0 spiro atoms. The van der Waals surface area contributed by atoms with Crippen LogP contribution >= 0.6 is 31.9 Å². The fourth-order valence-electron chi connectivity index (χ4n) is 2.00. The first-order chi connectivity index (χ1) is 10.0. The third-order valence-corrected chi connectivity index (χ3v) is 4.26. The molecule has 1 N–H and O–H groups in total. The van der Waals surface area contributed by atoms with Gasteiger partial charge in [-0.15, -0.1) is 0 Å². The van der Waals surface area contributed by atoms with E-state index in [1.165, 1.54) is 0 Å². The number of benzene rings is 2. The lowest BCUT2D eigenvalue weighted by Crippen LogP contribution is -2.08. The summed E-state index contributed by atoms with van der Waals surface area (Å²) in [4.78, 5) is 0. The molecule has 0 aliphatic heterocycles. The number of hydrogen-bond donors (Lipinski definition) is 1. The smallest absolute Gasteiger partial charge is 0.133 e. The summed E-state index contributed by atoms with van der Waals surface area (Å²) in [5.41, 5.74) is 2.54. The van der Waals surface area contributed by atoms with E-state index < -0.39 is 0 Å². The van der Waals surface area contributed by atoms with Crippen molar-refractivity contribution in [1.82, 2.24) is 0 Å². The van der Waals surface area contributed by atoms with Crippen molar-refractivity contribution in [3.63, 3.8) is 0 Å². The Labute approximate surface area is 141 Å². The molecular weight excluding hydrogens is 396 g/mol. The minimum Gasteiger partial charge on any atom is -0.496 e. The third kappa shape index (κ3) is 3.78. The van der Waals surface area contributed by atoms with Crippen LogP contribution in [-0.4, -0.2) is 7.11 Å². The molecule has 0 bridgehead atoms. The van der Waals surface area contributed by atoms with Crippen LogP contribution in [0.1, 0.15) is 24.1 Å². The summed E-state index contributed by atoms with van der Waals surface area (Å²) in [6.07, 6.45) is 0. The van der Waals surface area contributed by atoms with Crippen LogP contribution in [0.15, 0.2) is 45.3 Å². The summed E-state index contributed by atoms with van der Waals surface area (Å²) in [6, 6.07) is 13.8. The average molecular weight is 410 g/mol. The molecule has 0 saturated carbocycles. The molecule has 3 nitrogen and oxygen atoms in total. The molecule has 0 amide bonds. The van der Waals surface area contributed by atoms with Crippen LogP contribution in [0.3, 0.4) is 0 Å². The van der Waals surface area contributed by atoms with Gasteiger partial charge in [0.05, 0.1) is 22.8 Å². The summed E-state index contributed by atoms with van der Waals surface area (Å²) in [7, 11) is 1.64. The van der Waals surface area contributed by atoms with E-state index in [2.05, 4.69) is 50.2 Å². The molecule has 0 aliphatic carbocycles. The van der Waals surface area contributed by atoms with Crippen molar-refractivity contribution >= 4 is 37.5 Å². The van der Waals surface area contributed by atoms with Gasteiger partial charge >= 0.3 is 0 Å². The molecular formula is C16H14Br2N2O. The molecule has 0 saturated heterocycles. The fraction of sp³-hybridized carbons (Fsp3) is 0.188. The number of nitriles is 1. The summed E-state index contributed by atoms with van der Waals surface area (Å²) in [6.45, 7) is 2.05. The highest BCUT2D eigenvalue weighted by molar-refractivity contribution is 9.10. The Morgan fingerprint density at radius 2 is 1.95 bits per heavy atom. The molecule has 0 fully saturated rings. The van der Waals surface area contributed by atoms with Gasteiger partial charge in [-0.1, -0.05) is 22.0 Å². The van der Waals surface area contributed by atoms with Crippen molar-refractivity contribution in [2.75, 3.05) is 12.4 Å². The lowest BCUT2D eigenvalue weighted by atomic mass is 10.1. The maximum Gasteiger partial charge on any atom is 0.133 e. The largest absolute Gasteiger partial charge is 0.496 e. The minimum absolute atomic E-state index is 0.0699. The molecule has 1 atom stereocenters. The molecule has 21 heavy (non-hydrogen) atoms. The summed E-state index contributed by atoms with van der Waals surface area (Å²) in [5, 5.41) is 12.6. The Balaban J connectivity index is 2.24. The molecule has 5 heteroatoms. The van der Waals surface area contributed by atoms with E-state index in [1.807, 2.05) is 30.3 Å². The quantitative estimate of drug-likeness (QED) is 0.748. The second-order valence-electron chi connectivity index (χ2n) is 4.56. The standard InChI is InChI=1S/C16H14Br2N2O/c1-10(11-3-6-16(21-2)14(18)8-11)20-15-5-4-13(17)7-12(15)9-19/h3-8,10,20H,1-2H3. The lowest BCUT2D eigenvalue weighted by molar-refractivity contribution is 0.412. The number of ether oxygens (including phenoxy) is 1. The Bertz CT molecular complexity index is 695. The zero-order valence-electron chi connectivity index (χ0n) is 11.7. The lowest BCUT2D eigenvalue weighted by Gasteiger charge is -2.18. The van der Waals surface area contributed by atoms with E-state index in [0.29, 0.717) is 5.56 Å². The van der Waals surface area contributed by atoms with Crippen LogP contribution in [0, 0.1) is 11.3 Å². The number of nitrogens with one attached hydrogen (secondary N) is 1. The molecule has 2 aromatic carbocycles. The van der Waals surface area contributed by atoms with Gasteiger partial charge in [-0.25, -0.2) is 0 Å². The van der Waals surface area contributed by atoms with Gasteiger partial charge in [-0.2, -0.15) is 5.26 Å². The number of nitrogens with zero attached hydrogens (tertiary/aromatic N) is 1. The van der Waals surface area contributed by atoms with Crippen LogP contribution < -0.4 is 10.1 Å². The van der Waals surface area contributed by atoms with E-state index in [1.54, 1.807) is 13.2 Å². The highest BCUT2D eigenvalue weighted by Crippen LogP contribution is 2.30. The van der Waals surface area contributed by atoms with E-state index >= 15 is 0 Å². The monoisotopic (exact) mass is 408 g/mol. The van der Waals surface area contributed by atoms with Crippen molar-refractivity contribution < 1.29 is 4.74 Å². The highest BCUT2D eigenvalue weighted by Gasteiger charge is 2.11. The van der Waals surface area contributed by atoms with Crippen LogP contribution in [0.5, 0.6) is 5.75 Å². The van der Waals surface area contributed by atoms with Gasteiger partial charge in [-0.3, -0.25) is 0 Å². The van der Waals surface area contributed by atoms with Gasteiger partial charge in [0.25, 0.3) is 0 Å².